The van der Waals surface area contributed by atoms with Gasteiger partial charge in [-0.1, -0.05) is 23.4 Å². The van der Waals surface area contributed by atoms with Crippen molar-refractivity contribution in [3.05, 3.63) is 29.8 Å². The van der Waals surface area contributed by atoms with Crippen molar-refractivity contribution < 1.29 is 10.0 Å². The molecule has 0 aliphatic rings. The van der Waals surface area contributed by atoms with E-state index < -0.39 is 5.91 Å². The number of benzene rings is 1. The molecule has 106 valence electrons. The number of nitrogens with zero attached hydrogens (tertiary/aromatic N) is 3. The number of hydrogen-bond acceptors (Lipinski definition) is 5. The van der Waals surface area contributed by atoms with Crippen molar-refractivity contribution in [1.82, 2.24) is 0 Å². The molecule has 0 saturated carbocycles. The van der Waals surface area contributed by atoms with E-state index in [2.05, 4.69) is 20.7 Å². The summed E-state index contributed by atoms with van der Waals surface area (Å²) in [7, 11) is 0. The second kappa shape index (κ2) is 6.88. The summed E-state index contributed by atoms with van der Waals surface area (Å²) in [6, 6.07) is 7.19. The highest BCUT2D eigenvalue weighted by atomic mass is 16.4. The molecule has 8 nitrogen and oxygen atoms in total. The number of para-hydroxylation sites is 1. The fraction of sp³-hybridized carbons (Fsp3) is 0.167. The Hall–Kier alpha value is -2.90. The van der Waals surface area contributed by atoms with Gasteiger partial charge in [0.05, 0.1) is 5.71 Å². The summed E-state index contributed by atoms with van der Waals surface area (Å²) in [6.07, 6.45) is 0. The largest absolute Gasteiger partial charge is 0.410 e. The van der Waals surface area contributed by atoms with Gasteiger partial charge in [0.2, 0.25) is 5.96 Å². The summed E-state index contributed by atoms with van der Waals surface area (Å²) in [4.78, 5) is 12.0. The van der Waals surface area contributed by atoms with Gasteiger partial charge in [0.1, 0.15) is 0 Å². The lowest BCUT2D eigenvalue weighted by Crippen LogP contribution is -2.29. The lowest BCUT2D eigenvalue weighted by molar-refractivity contribution is -0.110. The summed E-state index contributed by atoms with van der Waals surface area (Å²) in [5, 5.41) is 21.4. The fourth-order valence-electron chi connectivity index (χ4n) is 1.36. The smallest absolute Gasteiger partial charge is 0.279 e. The molecule has 20 heavy (non-hydrogen) atoms. The Labute approximate surface area is 115 Å². The number of nitrogens with one attached hydrogen (secondary N) is 1. The second-order valence-electron chi connectivity index (χ2n) is 3.93. The minimum Gasteiger partial charge on any atom is -0.410 e. The number of rotatable bonds is 4. The number of nitrogens with two attached hydrogens (primary N) is 2. The first kappa shape index (κ1) is 15.2. The van der Waals surface area contributed by atoms with Crippen LogP contribution in [0, 0.1) is 6.92 Å². The van der Waals surface area contributed by atoms with E-state index in [9.17, 15) is 4.79 Å². The Kier molecular flexibility index (Phi) is 5.21. The molecule has 0 saturated heterocycles. The van der Waals surface area contributed by atoms with E-state index in [4.69, 9.17) is 16.7 Å². The topological polar surface area (TPSA) is 138 Å². The monoisotopic (exact) mass is 276 g/mol. The molecule has 0 atom stereocenters. The van der Waals surface area contributed by atoms with Gasteiger partial charge >= 0.3 is 0 Å². The molecule has 0 aliphatic carbocycles. The van der Waals surface area contributed by atoms with Crippen LogP contribution in [-0.4, -0.2) is 28.5 Å². The molecular formula is C12H16N6O2. The molecular weight excluding hydrogens is 260 g/mol. The van der Waals surface area contributed by atoms with Crippen molar-refractivity contribution in [3.63, 3.8) is 0 Å². The predicted molar refractivity (Wildman–Crippen MR) is 77.9 cm³/mol. The molecule has 0 heterocycles. The van der Waals surface area contributed by atoms with Gasteiger partial charge in [-0.2, -0.15) is 0 Å². The van der Waals surface area contributed by atoms with Crippen molar-refractivity contribution in [2.75, 3.05) is 5.32 Å². The average Bonchev–Trinajstić information content (AvgIpc) is 2.40. The summed E-state index contributed by atoms with van der Waals surface area (Å²) in [5.74, 6) is -0.880. The van der Waals surface area contributed by atoms with Crippen LogP contribution in [-0.2, 0) is 4.79 Å². The summed E-state index contributed by atoms with van der Waals surface area (Å²) < 4.78 is 0. The van der Waals surface area contributed by atoms with Crippen LogP contribution in [0.2, 0.25) is 0 Å². The van der Waals surface area contributed by atoms with Crippen LogP contribution in [0.3, 0.4) is 0 Å². The maximum Gasteiger partial charge on any atom is 0.279 e. The molecule has 1 aromatic carbocycles. The first-order chi connectivity index (χ1) is 9.45. The molecule has 0 unspecified atom stereocenters. The van der Waals surface area contributed by atoms with Crippen molar-refractivity contribution >= 4 is 29.0 Å². The predicted octanol–water partition coefficient (Wildman–Crippen LogP) is 0.413. The average molecular weight is 276 g/mol. The summed E-state index contributed by atoms with van der Waals surface area (Å²) >= 11 is 0. The zero-order valence-electron chi connectivity index (χ0n) is 11.2. The molecule has 0 aliphatic heterocycles. The van der Waals surface area contributed by atoms with Crippen molar-refractivity contribution in [2.45, 2.75) is 13.8 Å². The van der Waals surface area contributed by atoms with Gasteiger partial charge in [0.25, 0.3) is 5.91 Å². The van der Waals surface area contributed by atoms with E-state index in [1.54, 1.807) is 12.1 Å². The van der Waals surface area contributed by atoms with Crippen LogP contribution in [0.25, 0.3) is 0 Å². The van der Waals surface area contributed by atoms with Crippen LogP contribution in [0.15, 0.2) is 39.6 Å². The Morgan fingerprint density at radius 1 is 1.25 bits per heavy atom. The van der Waals surface area contributed by atoms with Gasteiger partial charge in [-0.25, -0.2) is 0 Å². The number of anilines is 1. The molecule has 0 bridgehead atoms. The molecule has 6 N–H and O–H groups in total. The van der Waals surface area contributed by atoms with Gasteiger partial charge in [-0.05, 0) is 25.5 Å². The lowest BCUT2D eigenvalue weighted by atomic mass is 10.2. The van der Waals surface area contributed by atoms with Gasteiger partial charge in [0, 0.05) is 5.69 Å². The van der Waals surface area contributed by atoms with Gasteiger partial charge < -0.3 is 22.0 Å². The Bertz CT molecular complexity index is 587. The molecule has 1 rings (SSSR count). The van der Waals surface area contributed by atoms with Crippen molar-refractivity contribution in [2.24, 2.45) is 26.8 Å². The van der Waals surface area contributed by atoms with Crippen LogP contribution < -0.4 is 16.8 Å². The zero-order valence-corrected chi connectivity index (χ0v) is 11.2. The third-order valence-corrected chi connectivity index (χ3v) is 2.37. The number of carbonyl (C=O) groups excluding carboxylic acids is 1. The standard InChI is InChI=1S/C12H16N6O2/c1-7-5-3-4-6-9(7)15-11(19)10(18-20)8(2)16-17-12(13)14/h3-6,20H,1-2H3,(H,15,19)(H4,13,14,17). The van der Waals surface area contributed by atoms with Crippen molar-refractivity contribution in [1.29, 1.82) is 0 Å². The van der Waals surface area contributed by atoms with Gasteiger partial charge in [-0.15, -0.1) is 10.2 Å². The van der Waals surface area contributed by atoms with Crippen LogP contribution in [0.1, 0.15) is 12.5 Å². The third kappa shape index (κ3) is 4.09. The second-order valence-corrected chi connectivity index (χ2v) is 3.93. The van der Waals surface area contributed by atoms with E-state index in [0.717, 1.165) is 5.56 Å². The number of hydrogen-bond donors (Lipinski definition) is 4. The highest BCUT2D eigenvalue weighted by Crippen LogP contribution is 2.13. The quantitative estimate of drug-likeness (QED) is 0.274. The third-order valence-electron chi connectivity index (χ3n) is 2.37. The number of oxime groups is 1. The highest BCUT2D eigenvalue weighted by molar-refractivity contribution is 6.68. The normalized spacial score (nSPS) is 11.9. The molecule has 0 radical (unpaired) electrons. The minimum atomic E-state index is -0.617. The molecule has 8 heteroatoms. The summed E-state index contributed by atoms with van der Waals surface area (Å²) in [6.45, 7) is 3.28. The van der Waals surface area contributed by atoms with Gasteiger partial charge in [-0.3, -0.25) is 4.79 Å². The van der Waals surface area contributed by atoms with E-state index >= 15 is 0 Å². The van der Waals surface area contributed by atoms with Crippen LogP contribution in [0.5, 0.6) is 0 Å². The summed E-state index contributed by atoms with van der Waals surface area (Å²) in [5.41, 5.74) is 11.5. The first-order valence-corrected chi connectivity index (χ1v) is 5.68. The van der Waals surface area contributed by atoms with Crippen molar-refractivity contribution in [3.8, 4) is 0 Å². The first-order valence-electron chi connectivity index (χ1n) is 5.68. The van der Waals surface area contributed by atoms with E-state index in [-0.39, 0.29) is 17.4 Å². The Morgan fingerprint density at radius 3 is 2.45 bits per heavy atom. The van der Waals surface area contributed by atoms with Crippen LogP contribution in [0.4, 0.5) is 5.69 Å². The SMILES string of the molecule is CC(=NN=C(N)N)C(=NO)C(=O)Nc1ccccc1C. The molecule has 1 aromatic rings. The van der Waals surface area contributed by atoms with Gasteiger partial charge in [0.15, 0.2) is 5.71 Å². The number of guanidine groups is 1. The maximum absolute atomic E-state index is 12.0. The molecule has 0 spiro atoms. The number of carbonyl (C=O) groups is 1. The molecule has 1 amide bonds. The maximum atomic E-state index is 12.0. The van der Waals surface area contributed by atoms with E-state index in [1.807, 2.05) is 19.1 Å². The fourth-order valence-corrected chi connectivity index (χ4v) is 1.36. The molecule has 0 fully saturated rings. The van der Waals surface area contributed by atoms with Crippen LogP contribution >= 0.6 is 0 Å². The Morgan fingerprint density at radius 2 is 1.90 bits per heavy atom. The lowest BCUT2D eigenvalue weighted by Gasteiger charge is -2.08. The minimum absolute atomic E-state index is 0.0759. The number of amides is 1. The van der Waals surface area contributed by atoms with E-state index in [1.165, 1.54) is 6.92 Å². The number of aryl methyl sites for hydroxylation is 1. The van der Waals surface area contributed by atoms with E-state index in [0.29, 0.717) is 5.69 Å². The molecule has 0 aromatic heterocycles. The highest BCUT2D eigenvalue weighted by Gasteiger charge is 2.16. The Balaban J connectivity index is 2.92. The zero-order chi connectivity index (χ0) is 15.1.